The molecular formula is C23H23N4O2+. The number of para-hydroxylation sites is 1. The van der Waals surface area contributed by atoms with Gasteiger partial charge in [0.1, 0.15) is 11.5 Å². The van der Waals surface area contributed by atoms with Crippen LogP contribution in [0.2, 0.25) is 0 Å². The number of ether oxygens (including phenoxy) is 2. The van der Waals surface area contributed by atoms with Crippen LogP contribution in [0.3, 0.4) is 0 Å². The molecule has 6 heteroatoms. The third kappa shape index (κ3) is 3.37. The van der Waals surface area contributed by atoms with Crippen LogP contribution in [-0.4, -0.2) is 36.4 Å². The van der Waals surface area contributed by atoms with E-state index in [1.54, 1.807) is 0 Å². The van der Waals surface area contributed by atoms with E-state index < -0.39 is 0 Å². The molecule has 2 aromatic carbocycles. The Balaban J connectivity index is 1.48. The number of hydrogen-bond acceptors (Lipinski definition) is 5. The van der Waals surface area contributed by atoms with E-state index in [-0.39, 0.29) is 0 Å². The van der Waals surface area contributed by atoms with Gasteiger partial charge in [-0.2, -0.15) is 0 Å². The van der Waals surface area contributed by atoms with Crippen LogP contribution in [0.1, 0.15) is 12.8 Å². The van der Waals surface area contributed by atoms with E-state index in [2.05, 4.69) is 33.3 Å². The quantitative estimate of drug-likeness (QED) is 0.703. The van der Waals surface area contributed by atoms with E-state index in [1.165, 1.54) is 0 Å². The number of benzene rings is 2. The molecule has 0 bridgehead atoms. The van der Waals surface area contributed by atoms with Crippen molar-refractivity contribution in [3.63, 3.8) is 0 Å². The van der Waals surface area contributed by atoms with Gasteiger partial charge in [-0.05, 0) is 49.2 Å². The number of anilines is 1. The number of hydrogen-bond donors (Lipinski definition) is 0. The van der Waals surface area contributed by atoms with Crippen molar-refractivity contribution >= 4 is 18.2 Å². The minimum Gasteiger partial charge on any atom is -0.457 e. The first-order valence-corrected chi connectivity index (χ1v) is 9.90. The van der Waals surface area contributed by atoms with Crippen molar-refractivity contribution in [2.45, 2.75) is 18.9 Å². The molecular weight excluding hydrogens is 364 g/mol. The van der Waals surface area contributed by atoms with Crippen LogP contribution < -0.4 is 9.75 Å². The standard InChI is InChI=1S/C23H23N4O2/c1-2-4-22(5-3-1)29-23-8-6-19(7-9-23)26(20-10-14-28-15-11-20)27-13-12-24-16-21(27)17-25-18-27/h1-9,12-13,16-18,20H,10-11,14-15H2/q+1. The van der Waals surface area contributed by atoms with Crippen LogP contribution in [0.5, 0.6) is 11.5 Å². The number of allylic oxidation sites excluding steroid dienone is 1. The van der Waals surface area contributed by atoms with Gasteiger partial charge < -0.3 is 9.47 Å². The highest BCUT2D eigenvalue weighted by Gasteiger charge is 2.45. The molecule has 0 aromatic heterocycles. The maximum absolute atomic E-state index is 5.97. The van der Waals surface area contributed by atoms with Crippen molar-refractivity contribution in [3.8, 4) is 11.5 Å². The monoisotopic (exact) mass is 387 g/mol. The first-order valence-electron chi connectivity index (χ1n) is 9.90. The summed E-state index contributed by atoms with van der Waals surface area (Å²) in [7, 11) is 0. The lowest BCUT2D eigenvalue weighted by Crippen LogP contribution is -2.60. The third-order valence-corrected chi connectivity index (χ3v) is 5.42. The highest BCUT2D eigenvalue weighted by Crippen LogP contribution is 2.36. The van der Waals surface area contributed by atoms with Crippen molar-refractivity contribution in [1.29, 1.82) is 0 Å². The Morgan fingerprint density at radius 1 is 0.931 bits per heavy atom. The lowest BCUT2D eigenvalue weighted by Gasteiger charge is -2.44. The average molecular weight is 387 g/mol. The predicted octanol–water partition coefficient (Wildman–Crippen LogP) is 4.64. The van der Waals surface area contributed by atoms with E-state index in [9.17, 15) is 0 Å². The molecule has 3 heterocycles. The molecule has 146 valence electrons. The topological polar surface area (TPSA) is 46.4 Å². The molecule has 1 unspecified atom stereocenters. The second kappa shape index (κ2) is 7.66. The molecule has 1 fully saturated rings. The van der Waals surface area contributed by atoms with Gasteiger partial charge in [0.2, 0.25) is 12.0 Å². The summed E-state index contributed by atoms with van der Waals surface area (Å²) in [5.41, 5.74) is 2.14. The number of quaternary nitrogens is 1. The Labute approximate surface area is 170 Å². The average Bonchev–Trinajstić information content (AvgIpc) is 3.21. The first-order chi connectivity index (χ1) is 14.4. The zero-order valence-electron chi connectivity index (χ0n) is 16.1. The Hall–Kier alpha value is -3.22. The Kier molecular flexibility index (Phi) is 4.71. The summed E-state index contributed by atoms with van der Waals surface area (Å²) < 4.78 is 12.0. The SMILES string of the molecule is C1=C[N+]2(N(c3ccc(Oc4ccccc4)cc3)C3CCOCC3)C=NC=C2C=N1. The van der Waals surface area contributed by atoms with Crippen LogP contribution in [0.4, 0.5) is 5.69 Å². The van der Waals surface area contributed by atoms with Gasteiger partial charge in [-0.3, -0.25) is 4.99 Å². The smallest absolute Gasteiger partial charge is 0.225 e. The van der Waals surface area contributed by atoms with Gasteiger partial charge in [0.05, 0.1) is 30.3 Å². The van der Waals surface area contributed by atoms with Gasteiger partial charge in [-0.15, -0.1) is 4.59 Å². The summed E-state index contributed by atoms with van der Waals surface area (Å²) in [6.45, 7) is 1.54. The van der Waals surface area contributed by atoms with Gasteiger partial charge in [-0.1, -0.05) is 18.2 Å². The second-order valence-corrected chi connectivity index (χ2v) is 7.23. The Bertz CT molecular complexity index is 976. The molecule has 1 saturated heterocycles. The zero-order valence-corrected chi connectivity index (χ0v) is 16.1. The molecule has 0 radical (unpaired) electrons. The lowest BCUT2D eigenvalue weighted by atomic mass is 10.1. The molecule has 0 N–H and O–H groups in total. The Morgan fingerprint density at radius 2 is 1.69 bits per heavy atom. The molecule has 2 aromatic rings. The number of rotatable bonds is 5. The van der Waals surface area contributed by atoms with Crippen molar-refractivity contribution < 1.29 is 14.1 Å². The molecule has 0 aliphatic carbocycles. The van der Waals surface area contributed by atoms with Crippen molar-refractivity contribution in [2.24, 2.45) is 9.98 Å². The van der Waals surface area contributed by atoms with Crippen LogP contribution in [0.25, 0.3) is 0 Å². The fourth-order valence-corrected chi connectivity index (χ4v) is 4.03. The van der Waals surface area contributed by atoms with Gasteiger partial charge in [0.15, 0.2) is 6.20 Å². The molecule has 0 spiro atoms. The summed E-state index contributed by atoms with van der Waals surface area (Å²) in [5, 5.41) is 2.40. The Morgan fingerprint density at radius 3 is 2.48 bits per heavy atom. The van der Waals surface area contributed by atoms with E-state index in [4.69, 9.17) is 9.47 Å². The number of fused-ring (bicyclic) bond motifs is 1. The molecule has 0 saturated carbocycles. The molecule has 6 nitrogen and oxygen atoms in total. The van der Waals surface area contributed by atoms with Crippen LogP contribution >= 0.6 is 0 Å². The maximum Gasteiger partial charge on any atom is 0.225 e. The molecule has 1 atom stereocenters. The van der Waals surface area contributed by atoms with Crippen molar-refractivity contribution in [1.82, 2.24) is 0 Å². The lowest BCUT2D eigenvalue weighted by molar-refractivity contribution is -0.746. The fraction of sp³-hybridized carbons (Fsp3) is 0.217. The zero-order chi connectivity index (χ0) is 19.5. The normalized spacial score (nSPS) is 23.0. The van der Waals surface area contributed by atoms with E-state index in [0.29, 0.717) is 10.6 Å². The second-order valence-electron chi connectivity index (χ2n) is 7.23. The number of aliphatic imine (C=N–C) groups is 2. The highest BCUT2D eigenvalue weighted by atomic mass is 16.5. The molecule has 0 amide bonds. The summed E-state index contributed by atoms with van der Waals surface area (Å²) in [6.07, 6.45) is 11.6. The predicted molar refractivity (Wildman–Crippen MR) is 114 cm³/mol. The van der Waals surface area contributed by atoms with Crippen LogP contribution in [-0.2, 0) is 4.74 Å². The van der Waals surface area contributed by atoms with Crippen molar-refractivity contribution in [2.75, 3.05) is 18.2 Å². The minimum atomic E-state index is 0.328. The molecule has 3 aliphatic rings. The molecule has 5 rings (SSSR count). The largest absolute Gasteiger partial charge is 0.457 e. The highest BCUT2D eigenvalue weighted by molar-refractivity contribution is 5.82. The molecule has 29 heavy (non-hydrogen) atoms. The van der Waals surface area contributed by atoms with Gasteiger partial charge >= 0.3 is 0 Å². The summed E-state index contributed by atoms with van der Waals surface area (Å²) in [5.74, 6) is 1.64. The van der Waals surface area contributed by atoms with E-state index in [1.807, 2.05) is 67.4 Å². The van der Waals surface area contributed by atoms with E-state index in [0.717, 1.165) is 48.9 Å². The number of nitrogens with zero attached hydrogens (tertiary/aromatic N) is 4. The van der Waals surface area contributed by atoms with Gasteiger partial charge in [-0.25, -0.2) is 10.0 Å². The third-order valence-electron chi connectivity index (χ3n) is 5.42. The maximum atomic E-state index is 5.97. The minimum absolute atomic E-state index is 0.328. The first kappa shape index (κ1) is 17.8. The van der Waals surface area contributed by atoms with E-state index >= 15 is 0 Å². The summed E-state index contributed by atoms with van der Waals surface area (Å²) in [6, 6.07) is 18.4. The summed E-state index contributed by atoms with van der Waals surface area (Å²) in [4.78, 5) is 8.77. The van der Waals surface area contributed by atoms with Gasteiger partial charge in [0, 0.05) is 13.2 Å². The van der Waals surface area contributed by atoms with Crippen molar-refractivity contribution in [3.05, 3.63) is 78.9 Å². The van der Waals surface area contributed by atoms with Crippen LogP contribution in [0, 0.1) is 0 Å². The van der Waals surface area contributed by atoms with Crippen LogP contribution in [0.15, 0.2) is 88.9 Å². The fourth-order valence-electron chi connectivity index (χ4n) is 4.03. The summed E-state index contributed by atoms with van der Waals surface area (Å²) >= 11 is 0. The molecule has 3 aliphatic heterocycles. The van der Waals surface area contributed by atoms with Gasteiger partial charge in [0.25, 0.3) is 0 Å².